The lowest BCUT2D eigenvalue weighted by atomic mass is 9.82. The maximum absolute atomic E-state index is 5.79. The van der Waals surface area contributed by atoms with Crippen molar-refractivity contribution in [1.82, 2.24) is 0 Å². The summed E-state index contributed by atoms with van der Waals surface area (Å²) in [6, 6.07) is 0. The number of unbranched alkanes of at least 4 members (excludes halogenated alkanes) is 1. The Balaban J connectivity index is 2.50. The Morgan fingerprint density at radius 1 is 1.08 bits per heavy atom. The molecule has 0 saturated carbocycles. The quantitative estimate of drug-likeness (QED) is 0.626. The van der Waals surface area contributed by atoms with E-state index in [0.717, 1.165) is 12.8 Å². The first-order valence-corrected chi connectivity index (χ1v) is 5.08. The van der Waals surface area contributed by atoms with Crippen LogP contribution in [0.1, 0.15) is 47.5 Å². The van der Waals surface area contributed by atoms with Crippen molar-refractivity contribution < 1.29 is 9.31 Å². The molecule has 0 aromatic carbocycles. The molecule has 0 N–H and O–H groups in total. The predicted octanol–water partition coefficient (Wildman–Crippen LogP) is 2.62. The Bertz CT molecular complexity index is 162. The fraction of sp³-hybridized carbons (Fsp3) is 0.900. The third-order valence-corrected chi connectivity index (χ3v) is 2.92. The zero-order valence-corrected chi connectivity index (χ0v) is 9.39. The van der Waals surface area contributed by atoms with E-state index in [2.05, 4.69) is 40.9 Å². The van der Waals surface area contributed by atoms with E-state index >= 15 is 0 Å². The molecule has 1 saturated heterocycles. The summed E-state index contributed by atoms with van der Waals surface area (Å²) in [5.41, 5.74) is -0.385. The van der Waals surface area contributed by atoms with E-state index in [1.54, 1.807) is 0 Å². The third kappa shape index (κ3) is 2.26. The van der Waals surface area contributed by atoms with Crippen molar-refractivity contribution in [2.24, 2.45) is 0 Å². The maximum Gasteiger partial charge on any atom is 0.460 e. The molecule has 1 radical (unpaired) electrons. The first kappa shape index (κ1) is 11.1. The second-order valence-corrected chi connectivity index (χ2v) is 4.65. The van der Waals surface area contributed by atoms with Gasteiger partial charge in [-0.3, -0.25) is 0 Å². The molecule has 75 valence electrons. The van der Waals surface area contributed by atoms with E-state index < -0.39 is 0 Å². The summed E-state index contributed by atoms with van der Waals surface area (Å²) in [5.74, 6) is 0. The summed E-state index contributed by atoms with van der Waals surface area (Å²) in [4.78, 5) is 0. The highest BCUT2D eigenvalue weighted by Gasteiger charge is 2.50. The Morgan fingerprint density at radius 2 is 1.54 bits per heavy atom. The van der Waals surface area contributed by atoms with E-state index in [1.807, 2.05) is 0 Å². The minimum atomic E-state index is -0.193. The normalized spacial score (nSPS) is 25.2. The highest BCUT2D eigenvalue weighted by atomic mass is 16.7. The van der Waals surface area contributed by atoms with Gasteiger partial charge in [0.1, 0.15) is 0 Å². The molecule has 3 heteroatoms. The number of hydrogen-bond acceptors (Lipinski definition) is 2. The van der Waals surface area contributed by atoms with Gasteiger partial charge in [0.05, 0.1) is 11.2 Å². The van der Waals surface area contributed by atoms with E-state index in [4.69, 9.17) is 9.31 Å². The van der Waals surface area contributed by atoms with Gasteiger partial charge in [0.25, 0.3) is 0 Å². The summed E-state index contributed by atoms with van der Waals surface area (Å²) < 4.78 is 11.6. The molecule has 1 aliphatic rings. The largest absolute Gasteiger partial charge is 0.460 e. The van der Waals surface area contributed by atoms with E-state index in [1.165, 1.54) is 0 Å². The average Bonchev–Trinajstić information content (AvgIpc) is 2.17. The molecule has 1 aliphatic heterocycles. The van der Waals surface area contributed by atoms with Crippen molar-refractivity contribution in [2.45, 2.75) is 58.7 Å². The molecule has 1 heterocycles. The number of rotatable bonds is 3. The highest BCUT2D eigenvalue weighted by molar-refractivity contribution is 6.49. The third-order valence-electron chi connectivity index (χ3n) is 2.92. The average molecular weight is 183 g/mol. The van der Waals surface area contributed by atoms with Gasteiger partial charge in [-0.2, -0.15) is 0 Å². The Labute approximate surface area is 82.1 Å². The number of hydrogen-bond donors (Lipinski definition) is 0. The van der Waals surface area contributed by atoms with Crippen LogP contribution in [0.2, 0.25) is 0 Å². The van der Waals surface area contributed by atoms with Crippen molar-refractivity contribution in [2.75, 3.05) is 0 Å². The van der Waals surface area contributed by atoms with Crippen molar-refractivity contribution >= 4 is 7.12 Å². The van der Waals surface area contributed by atoms with Crippen LogP contribution >= 0.6 is 0 Å². The zero-order valence-electron chi connectivity index (χ0n) is 9.39. The van der Waals surface area contributed by atoms with Gasteiger partial charge >= 0.3 is 7.12 Å². The molecule has 0 spiro atoms. The summed E-state index contributed by atoms with van der Waals surface area (Å²) in [5, 5.41) is 0. The Kier molecular flexibility index (Phi) is 3.08. The summed E-state index contributed by atoms with van der Waals surface area (Å²) in [6.07, 6.45) is 4.30. The second-order valence-electron chi connectivity index (χ2n) is 4.65. The molecule has 0 unspecified atom stereocenters. The lowest BCUT2D eigenvalue weighted by Crippen LogP contribution is -2.41. The van der Waals surface area contributed by atoms with E-state index in [-0.39, 0.29) is 18.3 Å². The molecule has 0 bridgehead atoms. The molecular weight excluding hydrogens is 163 g/mol. The highest BCUT2D eigenvalue weighted by Crippen LogP contribution is 2.37. The molecule has 0 amide bonds. The van der Waals surface area contributed by atoms with Gasteiger partial charge in [-0.15, -0.1) is 0 Å². The zero-order chi connectivity index (χ0) is 10.1. The standard InChI is InChI=1S/C10H20BO2/c1-6-7-8-11-12-9(2,3)10(4,5)13-11/h8H,6-7H2,1-5H3. The van der Waals surface area contributed by atoms with Crippen LogP contribution in [0.4, 0.5) is 0 Å². The van der Waals surface area contributed by atoms with Crippen LogP contribution in [0.25, 0.3) is 0 Å². The molecule has 13 heavy (non-hydrogen) atoms. The summed E-state index contributed by atoms with van der Waals surface area (Å²) in [6.45, 7) is 10.5. The lowest BCUT2D eigenvalue weighted by molar-refractivity contribution is 0.00578. The van der Waals surface area contributed by atoms with Gasteiger partial charge in [-0.25, -0.2) is 0 Å². The van der Waals surface area contributed by atoms with Gasteiger partial charge < -0.3 is 9.31 Å². The van der Waals surface area contributed by atoms with Crippen LogP contribution in [0.3, 0.4) is 0 Å². The van der Waals surface area contributed by atoms with Crippen molar-refractivity contribution in [1.29, 1.82) is 0 Å². The molecule has 0 atom stereocenters. The van der Waals surface area contributed by atoms with Crippen molar-refractivity contribution in [3.05, 3.63) is 6.32 Å². The van der Waals surface area contributed by atoms with Crippen LogP contribution in [-0.4, -0.2) is 18.3 Å². The Hall–Kier alpha value is -0.0151. The molecule has 2 nitrogen and oxygen atoms in total. The molecular formula is C10H20BO2. The second kappa shape index (κ2) is 3.62. The topological polar surface area (TPSA) is 18.5 Å². The first-order valence-electron chi connectivity index (χ1n) is 5.08. The molecule has 1 rings (SSSR count). The molecule has 0 aromatic rings. The predicted molar refractivity (Wildman–Crippen MR) is 55.3 cm³/mol. The van der Waals surface area contributed by atoms with Gasteiger partial charge in [-0.1, -0.05) is 19.8 Å². The van der Waals surface area contributed by atoms with Gasteiger partial charge in [-0.05, 0) is 34.0 Å². The fourth-order valence-electron chi connectivity index (χ4n) is 1.29. The summed E-state index contributed by atoms with van der Waals surface area (Å²) in [7, 11) is -0.120. The van der Waals surface area contributed by atoms with Crippen LogP contribution in [0, 0.1) is 6.32 Å². The van der Waals surface area contributed by atoms with Gasteiger partial charge in [0, 0.05) is 0 Å². The van der Waals surface area contributed by atoms with E-state index in [9.17, 15) is 0 Å². The van der Waals surface area contributed by atoms with Crippen LogP contribution in [-0.2, 0) is 9.31 Å². The monoisotopic (exact) mass is 183 g/mol. The SMILES string of the molecule is CCC[CH]B1OC(C)(C)C(C)(C)O1. The van der Waals surface area contributed by atoms with Crippen LogP contribution in [0.5, 0.6) is 0 Å². The molecule has 0 aromatic heterocycles. The molecule has 0 aliphatic carbocycles. The van der Waals surface area contributed by atoms with Crippen LogP contribution in [0.15, 0.2) is 0 Å². The minimum Gasteiger partial charge on any atom is -0.403 e. The lowest BCUT2D eigenvalue weighted by Gasteiger charge is -2.32. The van der Waals surface area contributed by atoms with Crippen molar-refractivity contribution in [3.63, 3.8) is 0 Å². The van der Waals surface area contributed by atoms with Crippen molar-refractivity contribution in [3.8, 4) is 0 Å². The van der Waals surface area contributed by atoms with Gasteiger partial charge in [0.15, 0.2) is 0 Å². The van der Waals surface area contributed by atoms with E-state index in [0.29, 0.717) is 0 Å². The summed E-state index contributed by atoms with van der Waals surface area (Å²) >= 11 is 0. The maximum atomic E-state index is 5.79. The minimum absolute atomic E-state index is 0.120. The fourth-order valence-corrected chi connectivity index (χ4v) is 1.29. The van der Waals surface area contributed by atoms with Crippen LogP contribution < -0.4 is 0 Å². The van der Waals surface area contributed by atoms with Gasteiger partial charge in [0.2, 0.25) is 0 Å². The Morgan fingerprint density at radius 3 is 1.92 bits per heavy atom. The smallest absolute Gasteiger partial charge is 0.403 e. The molecule has 1 fully saturated rings. The first-order chi connectivity index (χ1) is 5.89.